The second-order valence-electron chi connectivity index (χ2n) is 6.56. The maximum atomic E-state index is 12.7. The van der Waals surface area contributed by atoms with Gasteiger partial charge in [-0.3, -0.25) is 9.59 Å². The lowest BCUT2D eigenvalue weighted by atomic mass is 10.1. The van der Waals surface area contributed by atoms with Crippen LogP contribution in [0.3, 0.4) is 0 Å². The van der Waals surface area contributed by atoms with Crippen LogP contribution in [0.2, 0.25) is 5.02 Å². The van der Waals surface area contributed by atoms with Crippen molar-refractivity contribution in [2.45, 2.75) is 20.0 Å². The summed E-state index contributed by atoms with van der Waals surface area (Å²) in [6, 6.07) is 11.1. The van der Waals surface area contributed by atoms with Gasteiger partial charge < -0.3 is 20.3 Å². The van der Waals surface area contributed by atoms with Gasteiger partial charge in [-0.2, -0.15) is 0 Å². The van der Waals surface area contributed by atoms with Crippen LogP contribution in [0, 0.1) is 13.8 Å². The summed E-state index contributed by atoms with van der Waals surface area (Å²) in [5, 5.41) is 5.98. The van der Waals surface area contributed by atoms with Crippen LogP contribution < -0.4 is 20.3 Å². The summed E-state index contributed by atoms with van der Waals surface area (Å²) in [5.74, 6) is 0.137. The number of rotatable bonds is 4. The molecular weight excluding hydrogens is 366 g/mol. The molecule has 1 aliphatic rings. The molecule has 2 N–H and O–H groups in total. The molecule has 3 rings (SSSR count). The van der Waals surface area contributed by atoms with Crippen LogP contribution in [0.5, 0.6) is 5.75 Å². The molecule has 7 heteroatoms. The van der Waals surface area contributed by atoms with E-state index in [1.807, 2.05) is 49.1 Å². The minimum absolute atomic E-state index is 0.0809. The molecule has 0 fully saturated rings. The van der Waals surface area contributed by atoms with Gasteiger partial charge in [-0.1, -0.05) is 29.8 Å². The van der Waals surface area contributed by atoms with E-state index >= 15 is 0 Å². The first-order valence-electron chi connectivity index (χ1n) is 8.68. The number of para-hydroxylation sites is 2. The number of nitrogens with zero attached hydrogens (tertiary/aromatic N) is 1. The molecule has 27 heavy (non-hydrogen) atoms. The monoisotopic (exact) mass is 387 g/mol. The Kier molecular flexibility index (Phi) is 5.56. The fourth-order valence-electron chi connectivity index (χ4n) is 3.18. The van der Waals surface area contributed by atoms with Crippen molar-refractivity contribution in [3.8, 4) is 5.75 Å². The predicted molar refractivity (Wildman–Crippen MR) is 107 cm³/mol. The van der Waals surface area contributed by atoms with Gasteiger partial charge in [-0.05, 0) is 43.2 Å². The number of aryl methyl sites for hydroxylation is 2. The van der Waals surface area contributed by atoms with Crippen molar-refractivity contribution in [1.82, 2.24) is 5.32 Å². The zero-order chi connectivity index (χ0) is 19.6. The number of carbonyl (C=O) groups is 2. The summed E-state index contributed by atoms with van der Waals surface area (Å²) >= 11 is 6.28. The molecule has 1 atom stereocenters. The van der Waals surface area contributed by atoms with E-state index in [0.717, 1.165) is 16.8 Å². The number of hydrogen-bond donors (Lipinski definition) is 2. The number of hydrogen-bond acceptors (Lipinski definition) is 4. The van der Waals surface area contributed by atoms with Gasteiger partial charge in [0.15, 0.2) is 6.10 Å². The van der Waals surface area contributed by atoms with E-state index in [0.29, 0.717) is 16.5 Å². The van der Waals surface area contributed by atoms with Gasteiger partial charge in [-0.25, -0.2) is 0 Å². The van der Waals surface area contributed by atoms with E-state index in [1.54, 1.807) is 13.1 Å². The number of nitrogens with one attached hydrogen (secondary N) is 2. The Labute approximate surface area is 163 Å². The number of halogens is 1. The average Bonchev–Trinajstić information content (AvgIpc) is 2.63. The number of amides is 2. The van der Waals surface area contributed by atoms with E-state index < -0.39 is 6.10 Å². The highest BCUT2D eigenvalue weighted by atomic mass is 35.5. The van der Waals surface area contributed by atoms with Crippen molar-refractivity contribution in [3.05, 3.63) is 52.5 Å². The molecule has 0 saturated heterocycles. The van der Waals surface area contributed by atoms with Crippen LogP contribution in [0.15, 0.2) is 36.4 Å². The number of likely N-dealkylation sites (N-methyl/N-ethyl adjacent to an activating group) is 1. The topological polar surface area (TPSA) is 70.7 Å². The van der Waals surface area contributed by atoms with Crippen molar-refractivity contribution in [1.29, 1.82) is 0 Å². The van der Waals surface area contributed by atoms with Gasteiger partial charge in [0, 0.05) is 7.05 Å². The molecule has 2 amide bonds. The molecule has 0 aliphatic carbocycles. The van der Waals surface area contributed by atoms with Gasteiger partial charge in [0.2, 0.25) is 5.91 Å². The van der Waals surface area contributed by atoms with Gasteiger partial charge in [0.1, 0.15) is 5.75 Å². The maximum absolute atomic E-state index is 12.7. The molecule has 1 aliphatic heterocycles. The summed E-state index contributed by atoms with van der Waals surface area (Å²) in [5.41, 5.74) is 3.32. The van der Waals surface area contributed by atoms with Crippen molar-refractivity contribution in [2.75, 3.05) is 30.4 Å². The highest BCUT2D eigenvalue weighted by Crippen LogP contribution is 2.33. The summed E-state index contributed by atoms with van der Waals surface area (Å²) < 4.78 is 5.76. The number of fused-ring (bicyclic) bond motifs is 1. The van der Waals surface area contributed by atoms with Gasteiger partial charge in [0.25, 0.3) is 5.91 Å². The molecule has 0 unspecified atom stereocenters. The first kappa shape index (κ1) is 19.0. The van der Waals surface area contributed by atoms with Crippen molar-refractivity contribution < 1.29 is 14.3 Å². The first-order chi connectivity index (χ1) is 12.9. The summed E-state index contributed by atoms with van der Waals surface area (Å²) in [7, 11) is 1.56. The predicted octanol–water partition coefficient (Wildman–Crippen LogP) is 2.91. The van der Waals surface area contributed by atoms with Crippen molar-refractivity contribution in [2.24, 2.45) is 0 Å². The molecule has 6 nitrogen and oxygen atoms in total. The summed E-state index contributed by atoms with van der Waals surface area (Å²) in [6.07, 6.45) is -0.678. The van der Waals surface area contributed by atoms with Crippen LogP contribution in [0.4, 0.5) is 11.4 Å². The average molecular weight is 388 g/mol. The Morgan fingerprint density at radius 3 is 2.70 bits per heavy atom. The lowest BCUT2D eigenvalue weighted by molar-refractivity contribution is -0.127. The Balaban J connectivity index is 1.79. The minimum Gasteiger partial charge on any atom is -0.477 e. The minimum atomic E-state index is -0.678. The highest BCUT2D eigenvalue weighted by molar-refractivity contribution is 6.34. The maximum Gasteiger partial charge on any atom is 0.262 e. The SMILES string of the molecule is CNC(=O)[C@@H]1CN(CC(=O)Nc2c(C)cc(C)cc2Cl)c2ccccc2O1. The van der Waals surface area contributed by atoms with Gasteiger partial charge in [0.05, 0.1) is 29.5 Å². The third kappa shape index (κ3) is 4.17. The quantitative estimate of drug-likeness (QED) is 0.846. The number of ether oxygens (including phenoxy) is 1. The standard InChI is InChI=1S/C20H22ClN3O3/c1-12-8-13(2)19(14(21)9-12)23-18(25)11-24-10-17(20(26)22-3)27-16-7-5-4-6-15(16)24/h4-9,17H,10-11H2,1-3H3,(H,22,26)(H,23,25)/t17-/m0/s1. The van der Waals surface area contributed by atoms with E-state index in [4.69, 9.17) is 16.3 Å². The lowest BCUT2D eigenvalue weighted by Crippen LogP contribution is -2.50. The van der Waals surface area contributed by atoms with E-state index in [1.165, 1.54) is 0 Å². The smallest absolute Gasteiger partial charge is 0.262 e. The van der Waals surface area contributed by atoms with E-state index in [-0.39, 0.29) is 24.9 Å². The Bertz CT molecular complexity index is 862. The summed E-state index contributed by atoms with van der Waals surface area (Å²) in [6.45, 7) is 4.22. The molecule has 2 aromatic rings. The Morgan fingerprint density at radius 2 is 2.00 bits per heavy atom. The molecule has 0 radical (unpaired) electrons. The lowest BCUT2D eigenvalue weighted by Gasteiger charge is -2.35. The van der Waals surface area contributed by atoms with E-state index in [9.17, 15) is 9.59 Å². The van der Waals surface area contributed by atoms with Crippen LogP contribution in [-0.4, -0.2) is 38.1 Å². The van der Waals surface area contributed by atoms with Crippen LogP contribution >= 0.6 is 11.6 Å². The normalized spacial score (nSPS) is 15.6. The van der Waals surface area contributed by atoms with Gasteiger partial charge in [-0.15, -0.1) is 0 Å². The number of carbonyl (C=O) groups excluding carboxylic acids is 2. The molecule has 2 aromatic carbocycles. The second kappa shape index (κ2) is 7.88. The van der Waals surface area contributed by atoms with E-state index in [2.05, 4.69) is 10.6 Å². The fraction of sp³-hybridized carbons (Fsp3) is 0.300. The third-order valence-electron chi connectivity index (χ3n) is 4.43. The van der Waals surface area contributed by atoms with Crippen molar-refractivity contribution >= 4 is 34.8 Å². The first-order valence-corrected chi connectivity index (χ1v) is 9.05. The Hall–Kier alpha value is -2.73. The largest absolute Gasteiger partial charge is 0.477 e. The second-order valence-corrected chi connectivity index (χ2v) is 6.96. The van der Waals surface area contributed by atoms with Crippen LogP contribution in [0.1, 0.15) is 11.1 Å². The Morgan fingerprint density at radius 1 is 1.26 bits per heavy atom. The molecule has 1 heterocycles. The molecule has 142 valence electrons. The number of benzene rings is 2. The molecule has 0 saturated carbocycles. The molecule has 0 bridgehead atoms. The van der Waals surface area contributed by atoms with Crippen LogP contribution in [0.25, 0.3) is 0 Å². The molecule has 0 spiro atoms. The molecular formula is C20H22ClN3O3. The molecule has 0 aromatic heterocycles. The fourth-order valence-corrected chi connectivity index (χ4v) is 3.55. The van der Waals surface area contributed by atoms with Gasteiger partial charge >= 0.3 is 0 Å². The van der Waals surface area contributed by atoms with Crippen molar-refractivity contribution in [3.63, 3.8) is 0 Å². The zero-order valence-corrected chi connectivity index (χ0v) is 16.3. The van der Waals surface area contributed by atoms with Crippen LogP contribution in [-0.2, 0) is 9.59 Å². The summed E-state index contributed by atoms with van der Waals surface area (Å²) in [4.78, 5) is 26.6. The zero-order valence-electron chi connectivity index (χ0n) is 15.5. The highest BCUT2D eigenvalue weighted by Gasteiger charge is 2.31. The number of anilines is 2. The third-order valence-corrected chi connectivity index (χ3v) is 4.73.